The Labute approximate surface area is 640 Å². The number of carbonyl (C=O) groups excluding carboxylic acids is 4. The van der Waals surface area contributed by atoms with Gasteiger partial charge in [0.15, 0.2) is 12.2 Å². The number of phosphoric ester groups is 2. The van der Waals surface area contributed by atoms with Crippen molar-refractivity contribution in [3.05, 3.63) is 194 Å². The molecule has 5 unspecified atom stereocenters. The summed E-state index contributed by atoms with van der Waals surface area (Å²) in [5.41, 5.74) is 0. The number of phosphoric acid groups is 2. The lowest BCUT2D eigenvalue weighted by molar-refractivity contribution is -0.161. The van der Waals surface area contributed by atoms with Crippen molar-refractivity contribution in [1.82, 2.24) is 0 Å². The maximum atomic E-state index is 13.1. The predicted molar refractivity (Wildman–Crippen MR) is 436 cm³/mol. The Morgan fingerprint density at radius 2 is 0.472 bits per heavy atom. The average molecular weight is 1520 g/mol. The molecule has 0 rings (SSSR count). The van der Waals surface area contributed by atoms with Gasteiger partial charge in [0, 0.05) is 25.7 Å². The highest BCUT2D eigenvalue weighted by atomic mass is 31.2. The molecule has 0 aliphatic rings. The minimum atomic E-state index is -5.01. The lowest BCUT2D eigenvalue weighted by atomic mass is 10.1. The van der Waals surface area contributed by atoms with Gasteiger partial charge in [0.25, 0.3) is 0 Å². The van der Waals surface area contributed by atoms with Crippen LogP contribution in [0.15, 0.2) is 194 Å². The number of hydrogen-bond acceptors (Lipinski definition) is 15. The molecule has 106 heavy (non-hydrogen) atoms. The third-order valence-electron chi connectivity index (χ3n) is 15.5. The van der Waals surface area contributed by atoms with Crippen molar-refractivity contribution in [1.29, 1.82) is 0 Å². The second kappa shape index (κ2) is 77.1. The minimum absolute atomic E-state index is 0.0545. The summed E-state index contributed by atoms with van der Waals surface area (Å²) in [6, 6.07) is 0. The molecule has 0 spiro atoms. The second-order valence-corrected chi connectivity index (χ2v) is 28.4. The van der Waals surface area contributed by atoms with Crippen molar-refractivity contribution >= 4 is 39.5 Å². The predicted octanol–water partition coefficient (Wildman–Crippen LogP) is 23.3. The van der Waals surface area contributed by atoms with Crippen LogP contribution in [0.5, 0.6) is 0 Å². The molecule has 0 heterocycles. The molecule has 0 amide bonds. The van der Waals surface area contributed by atoms with Crippen LogP contribution in [0.2, 0.25) is 0 Å². The van der Waals surface area contributed by atoms with E-state index in [-0.39, 0.29) is 25.7 Å². The number of hydrogen-bond donors (Lipinski definition) is 3. The summed E-state index contributed by atoms with van der Waals surface area (Å²) in [6.45, 7) is 4.25. The molecule has 0 aromatic heterocycles. The molecule has 0 bridgehead atoms. The fourth-order valence-corrected chi connectivity index (χ4v) is 11.2. The smallest absolute Gasteiger partial charge is 0.462 e. The molecule has 0 fully saturated rings. The summed E-state index contributed by atoms with van der Waals surface area (Å²) >= 11 is 0. The highest BCUT2D eigenvalue weighted by Gasteiger charge is 2.30. The van der Waals surface area contributed by atoms with Crippen LogP contribution in [0.25, 0.3) is 0 Å². The standard InChI is InChI=1S/C87H138O17P2/c1-5-9-13-17-21-25-29-33-37-39-40-42-46-48-52-56-60-64-68-72-85(90)98-78-83(104-87(92)74-70-66-62-58-54-50-44-36-32-28-24-20-16-12-8-4)80-102-106(95,96)100-76-81(88)75-99-105(93,94)101-79-82(103-86(91)73-69-65-61-57-53-49-43-35-31-27-23-19-15-11-7-3)77-97-84(89)71-67-63-59-55-51-47-45-41-38-34-30-26-22-18-14-10-6-2/h9-16,21-28,33-38,40,42-45,47-48,52,55,59,81-83,88H,5-8,17-20,29-32,39,41,46,49-51,53-54,56-58,60-80H2,1-4H3,(H,93,94)(H,95,96)/b13-9-,14-10-,15-11-,16-12-,25-21-,26-22-,27-23-,28-24-,37-33-,38-34-,42-40-,43-35-,44-36-,47-45-,52-48-,59-55-. The Morgan fingerprint density at radius 3 is 0.755 bits per heavy atom. The molecule has 0 aromatic carbocycles. The molecular formula is C87H138O17P2. The van der Waals surface area contributed by atoms with Gasteiger partial charge in [0.1, 0.15) is 19.3 Å². The van der Waals surface area contributed by atoms with Crippen LogP contribution in [0.1, 0.15) is 272 Å². The molecule has 0 aromatic rings. The van der Waals surface area contributed by atoms with Gasteiger partial charge in [-0.15, -0.1) is 0 Å². The summed E-state index contributed by atoms with van der Waals surface area (Å²) < 4.78 is 68.5. The lowest BCUT2D eigenvalue weighted by Crippen LogP contribution is -2.30. The van der Waals surface area contributed by atoms with E-state index in [1.165, 1.54) is 0 Å². The van der Waals surface area contributed by atoms with E-state index in [1.54, 1.807) is 0 Å². The Balaban J connectivity index is 5.49. The highest BCUT2D eigenvalue weighted by molar-refractivity contribution is 7.47. The molecule has 0 saturated heterocycles. The fraction of sp³-hybridized carbons (Fsp3) is 0.586. The van der Waals surface area contributed by atoms with E-state index in [4.69, 9.17) is 37.0 Å². The van der Waals surface area contributed by atoms with Gasteiger partial charge in [0.05, 0.1) is 26.4 Å². The fourth-order valence-electron chi connectivity index (χ4n) is 9.66. The summed E-state index contributed by atoms with van der Waals surface area (Å²) in [5, 5.41) is 10.6. The van der Waals surface area contributed by atoms with Gasteiger partial charge in [-0.1, -0.05) is 267 Å². The van der Waals surface area contributed by atoms with Gasteiger partial charge >= 0.3 is 39.5 Å². The van der Waals surface area contributed by atoms with Crippen molar-refractivity contribution in [3.8, 4) is 0 Å². The zero-order valence-corrected chi connectivity index (χ0v) is 67.1. The van der Waals surface area contributed by atoms with Crippen molar-refractivity contribution in [2.45, 2.75) is 290 Å². The number of carbonyl (C=O) groups is 4. The Bertz CT molecular complexity index is 2780. The van der Waals surface area contributed by atoms with E-state index in [1.807, 2.05) is 12.2 Å². The average Bonchev–Trinajstić information content (AvgIpc) is 0.909. The van der Waals surface area contributed by atoms with Gasteiger partial charge < -0.3 is 33.8 Å². The highest BCUT2D eigenvalue weighted by Crippen LogP contribution is 2.45. The third kappa shape index (κ3) is 76.1. The zero-order chi connectivity index (χ0) is 77.4. The lowest BCUT2D eigenvalue weighted by Gasteiger charge is -2.21. The number of aliphatic hydroxyl groups is 1. The van der Waals surface area contributed by atoms with Gasteiger partial charge in [-0.25, -0.2) is 9.13 Å². The van der Waals surface area contributed by atoms with E-state index in [2.05, 4.69) is 210 Å². The zero-order valence-electron chi connectivity index (χ0n) is 65.3. The SMILES string of the molecule is CC/C=C\C/C=C\C/C=C\C/C=C\C/C=C\CCCCCC(=O)OCC(COP(=O)(O)OCC(O)COP(=O)(O)OCC(COC(=O)CCC/C=C\C/C=C\C/C=C\C/C=C\C/C=C\CC)OC(=O)CCCCCCC/C=C\C/C=C\C/C=C\CC)OC(=O)CCCCCCC/C=C\C/C=C\C/C=C\CC. The Kier molecular flexibility index (Phi) is 72.6. The molecule has 19 heteroatoms. The number of ether oxygens (including phenoxy) is 4. The number of aliphatic hydroxyl groups excluding tert-OH is 1. The van der Waals surface area contributed by atoms with Gasteiger partial charge in [-0.05, 0) is 173 Å². The van der Waals surface area contributed by atoms with Crippen LogP contribution in [0, 0.1) is 0 Å². The third-order valence-corrected chi connectivity index (χ3v) is 17.4. The van der Waals surface area contributed by atoms with Crippen LogP contribution in [-0.2, 0) is 65.4 Å². The Morgan fingerprint density at radius 1 is 0.264 bits per heavy atom. The first-order valence-electron chi connectivity index (χ1n) is 39.7. The first-order chi connectivity index (χ1) is 51.7. The number of rotatable bonds is 72. The largest absolute Gasteiger partial charge is 0.472 e. The monoisotopic (exact) mass is 1520 g/mol. The van der Waals surface area contributed by atoms with Gasteiger partial charge in [0.2, 0.25) is 0 Å². The summed E-state index contributed by atoms with van der Waals surface area (Å²) in [4.78, 5) is 73.0. The van der Waals surface area contributed by atoms with Crippen molar-refractivity contribution in [3.63, 3.8) is 0 Å². The van der Waals surface area contributed by atoms with Crippen LogP contribution in [0.3, 0.4) is 0 Å². The van der Waals surface area contributed by atoms with Crippen molar-refractivity contribution in [2.24, 2.45) is 0 Å². The second-order valence-electron chi connectivity index (χ2n) is 25.5. The molecule has 5 atom stereocenters. The van der Waals surface area contributed by atoms with Crippen molar-refractivity contribution in [2.75, 3.05) is 39.6 Å². The first-order valence-corrected chi connectivity index (χ1v) is 42.7. The first kappa shape index (κ1) is 99.9. The van der Waals surface area contributed by atoms with Crippen molar-refractivity contribution < 1.29 is 80.2 Å². The summed E-state index contributed by atoms with van der Waals surface area (Å²) in [6.07, 6.45) is 94.2. The molecular weight excluding hydrogens is 1380 g/mol. The minimum Gasteiger partial charge on any atom is -0.462 e. The van der Waals surface area contributed by atoms with E-state index in [0.717, 1.165) is 186 Å². The van der Waals surface area contributed by atoms with E-state index >= 15 is 0 Å². The van der Waals surface area contributed by atoms with E-state index in [9.17, 15) is 43.2 Å². The molecule has 0 radical (unpaired) electrons. The molecule has 0 aliphatic heterocycles. The summed E-state index contributed by atoms with van der Waals surface area (Å²) in [5.74, 6) is -2.34. The molecule has 0 saturated carbocycles. The molecule has 0 aliphatic carbocycles. The number of unbranched alkanes of at least 4 members (excludes halogenated alkanes) is 14. The summed E-state index contributed by atoms with van der Waals surface area (Å²) in [7, 11) is -10.0. The normalized spacial score (nSPS) is 14.9. The van der Waals surface area contributed by atoms with Crippen LogP contribution in [0.4, 0.5) is 0 Å². The molecule has 598 valence electrons. The van der Waals surface area contributed by atoms with Crippen LogP contribution in [-0.4, -0.2) is 96.7 Å². The topological polar surface area (TPSA) is 237 Å². The Hall–Kier alpha value is -6.10. The maximum Gasteiger partial charge on any atom is 0.472 e. The van der Waals surface area contributed by atoms with E-state index < -0.39 is 97.5 Å². The molecule has 3 N–H and O–H groups in total. The van der Waals surface area contributed by atoms with Crippen LogP contribution < -0.4 is 0 Å². The quantitative estimate of drug-likeness (QED) is 0.0169. The maximum absolute atomic E-state index is 13.1. The van der Waals surface area contributed by atoms with Gasteiger partial charge in [-0.2, -0.15) is 0 Å². The molecule has 17 nitrogen and oxygen atoms in total. The number of allylic oxidation sites excluding steroid dienone is 32. The van der Waals surface area contributed by atoms with Crippen LogP contribution >= 0.6 is 15.6 Å². The number of esters is 4. The van der Waals surface area contributed by atoms with Gasteiger partial charge in [-0.3, -0.25) is 37.3 Å². The van der Waals surface area contributed by atoms with E-state index in [0.29, 0.717) is 32.1 Å².